The van der Waals surface area contributed by atoms with Crippen LogP contribution in [0.3, 0.4) is 0 Å². The van der Waals surface area contributed by atoms with Crippen molar-refractivity contribution in [1.82, 2.24) is 4.90 Å². The summed E-state index contributed by atoms with van der Waals surface area (Å²) in [7, 11) is -3.55. The molecular weight excluding hydrogens is 314 g/mol. The third kappa shape index (κ3) is 7.50. The van der Waals surface area contributed by atoms with Crippen LogP contribution in [0.15, 0.2) is 24.3 Å². The Bertz CT molecular complexity index is 611. The summed E-state index contributed by atoms with van der Waals surface area (Å²) in [5.41, 5.74) is 0.851. The smallest absolute Gasteiger partial charge is 0.306 e. The highest BCUT2D eigenvalue weighted by atomic mass is 32.2. The maximum Gasteiger partial charge on any atom is 0.306 e. The Balaban J connectivity index is 2.80. The van der Waals surface area contributed by atoms with Crippen molar-refractivity contribution in [3.63, 3.8) is 0 Å². The van der Waals surface area contributed by atoms with E-state index in [9.17, 15) is 13.2 Å². The van der Waals surface area contributed by atoms with Crippen molar-refractivity contribution in [2.24, 2.45) is 0 Å². The molecule has 0 aliphatic carbocycles. The molecule has 1 aromatic carbocycles. The molecule has 0 aliphatic heterocycles. The lowest BCUT2D eigenvalue weighted by atomic mass is 10.1. The van der Waals surface area contributed by atoms with Crippen LogP contribution in [0, 0.1) is 0 Å². The van der Waals surface area contributed by atoms with Crippen LogP contribution in [0.1, 0.15) is 52.0 Å². The standard InChI is InChI=1S/C17H27NO4S/c1-5-6-7-11-17(19)18(14(2)3)13-15-9-8-10-16(12-15)22-23(4,20)21/h8-10,12,14H,5-7,11,13H2,1-4H3. The van der Waals surface area contributed by atoms with Crippen LogP contribution in [0.2, 0.25) is 0 Å². The molecule has 0 bridgehead atoms. The summed E-state index contributed by atoms with van der Waals surface area (Å²) in [6, 6.07) is 6.94. The molecule has 0 N–H and O–H groups in total. The van der Waals surface area contributed by atoms with Crippen LogP contribution in [0.5, 0.6) is 5.75 Å². The summed E-state index contributed by atoms with van der Waals surface area (Å²) >= 11 is 0. The van der Waals surface area contributed by atoms with Crippen LogP contribution < -0.4 is 4.18 Å². The van der Waals surface area contributed by atoms with Crippen LogP contribution in [0.25, 0.3) is 0 Å². The van der Waals surface area contributed by atoms with Gasteiger partial charge in [-0.1, -0.05) is 31.9 Å². The second-order valence-electron chi connectivity index (χ2n) is 6.01. The molecule has 0 saturated carbocycles. The summed E-state index contributed by atoms with van der Waals surface area (Å²) in [4.78, 5) is 14.2. The number of unbranched alkanes of at least 4 members (excludes halogenated alkanes) is 2. The highest BCUT2D eigenvalue weighted by molar-refractivity contribution is 7.86. The zero-order valence-electron chi connectivity index (χ0n) is 14.4. The van der Waals surface area contributed by atoms with Gasteiger partial charge in [0, 0.05) is 19.0 Å². The van der Waals surface area contributed by atoms with Crippen molar-refractivity contribution in [2.45, 2.75) is 59.0 Å². The lowest BCUT2D eigenvalue weighted by Crippen LogP contribution is -2.36. The van der Waals surface area contributed by atoms with Gasteiger partial charge in [-0.3, -0.25) is 4.79 Å². The lowest BCUT2D eigenvalue weighted by molar-refractivity contribution is -0.133. The number of amides is 1. The Kier molecular flexibility index (Phi) is 7.55. The maximum atomic E-state index is 12.4. The molecule has 0 saturated heterocycles. The van der Waals surface area contributed by atoms with E-state index < -0.39 is 10.1 Å². The van der Waals surface area contributed by atoms with E-state index in [-0.39, 0.29) is 17.7 Å². The van der Waals surface area contributed by atoms with Gasteiger partial charge in [-0.15, -0.1) is 0 Å². The monoisotopic (exact) mass is 341 g/mol. The Morgan fingerprint density at radius 3 is 2.52 bits per heavy atom. The van der Waals surface area contributed by atoms with Gasteiger partial charge in [0.1, 0.15) is 5.75 Å². The molecule has 1 rings (SSSR count). The summed E-state index contributed by atoms with van der Waals surface area (Å²) in [5.74, 6) is 0.398. The van der Waals surface area contributed by atoms with Gasteiger partial charge in [-0.05, 0) is 38.0 Å². The predicted octanol–water partition coefficient (Wildman–Crippen LogP) is 3.34. The fourth-order valence-electron chi connectivity index (χ4n) is 2.30. The third-order valence-electron chi connectivity index (χ3n) is 3.44. The van der Waals surface area contributed by atoms with Crippen LogP contribution in [-0.2, 0) is 21.5 Å². The second-order valence-corrected chi connectivity index (χ2v) is 7.58. The highest BCUT2D eigenvalue weighted by Crippen LogP contribution is 2.18. The lowest BCUT2D eigenvalue weighted by Gasteiger charge is -2.27. The summed E-state index contributed by atoms with van der Waals surface area (Å²) in [6.45, 7) is 6.52. The summed E-state index contributed by atoms with van der Waals surface area (Å²) in [5, 5.41) is 0. The molecule has 5 nitrogen and oxygen atoms in total. The van der Waals surface area contributed by atoms with Gasteiger partial charge in [-0.2, -0.15) is 8.42 Å². The Morgan fingerprint density at radius 2 is 1.96 bits per heavy atom. The van der Waals surface area contributed by atoms with E-state index in [0.29, 0.717) is 13.0 Å². The summed E-state index contributed by atoms with van der Waals surface area (Å²) in [6.07, 6.45) is 4.59. The van der Waals surface area contributed by atoms with Gasteiger partial charge in [0.05, 0.1) is 6.26 Å². The highest BCUT2D eigenvalue weighted by Gasteiger charge is 2.17. The second kappa shape index (κ2) is 8.91. The zero-order chi connectivity index (χ0) is 17.5. The van der Waals surface area contributed by atoms with Crippen molar-refractivity contribution >= 4 is 16.0 Å². The fraction of sp³-hybridized carbons (Fsp3) is 0.588. The largest absolute Gasteiger partial charge is 0.383 e. The van der Waals surface area contributed by atoms with E-state index in [4.69, 9.17) is 4.18 Å². The first-order valence-electron chi connectivity index (χ1n) is 8.00. The van der Waals surface area contributed by atoms with Crippen LogP contribution in [0.4, 0.5) is 0 Å². The minimum Gasteiger partial charge on any atom is -0.383 e. The molecular formula is C17H27NO4S. The zero-order valence-corrected chi connectivity index (χ0v) is 15.2. The quantitative estimate of drug-likeness (QED) is 0.510. The van der Waals surface area contributed by atoms with Gasteiger partial charge in [0.2, 0.25) is 5.91 Å². The Morgan fingerprint density at radius 1 is 1.26 bits per heavy atom. The first kappa shape index (κ1) is 19.5. The van der Waals surface area contributed by atoms with E-state index in [0.717, 1.165) is 31.1 Å². The molecule has 0 radical (unpaired) electrons. The molecule has 130 valence electrons. The molecule has 0 heterocycles. The van der Waals surface area contributed by atoms with E-state index in [2.05, 4.69) is 6.92 Å². The number of rotatable bonds is 9. The molecule has 0 spiro atoms. The molecule has 0 aliphatic rings. The average molecular weight is 341 g/mol. The number of nitrogens with zero attached hydrogens (tertiary/aromatic N) is 1. The van der Waals surface area contributed by atoms with E-state index in [1.165, 1.54) is 0 Å². The number of carbonyl (C=O) groups is 1. The van der Waals surface area contributed by atoms with Crippen molar-refractivity contribution in [3.05, 3.63) is 29.8 Å². The van der Waals surface area contributed by atoms with Gasteiger partial charge >= 0.3 is 10.1 Å². The Labute approximate surface area is 139 Å². The van der Waals surface area contributed by atoms with E-state index >= 15 is 0 Å². The SMILES string of the molecule is CCCCCC(=O)N(Cc1cccc(OS(C)(=O)=O)c1)C(C)C. The van der Waals surface area contributed by atoms with Crippen molar-refractivity contribution in [3.8, 4) is 5.75 Å². The molecule has 0 aromatic heterocycles. The average Bonchev–Trinajstić information content (AvgIpc) is 2.43. The molecule has 0 unspecified atom stereocenters. The van der Waals surface area contributed by atoms with Crippen molar-refractivity contribution < 1.29 is 17.4 Å². The topological polar surface area (TPSA) is 63.7 Å². The first-order chi connectivity index (χ1) is 10.7. The van der Waals surface area contributed by atoms with Crippen LogP contribution in [-0.4, -0.2) is 31.5 Å². The van der Waals surface area contributed by atoms with Gasteiger partial charge in [-0.25, -0.2) is 0 Å². The van der Waals surface area contributed by atoms with Crippen molar-refractivity contribution in [2.75, 3.05) is 6.26 Å². The third-order valence-corrected chi connectivity index (χ3v) is 3.93. The molecule has 0 atom stereocenters. The Hall–Kier alpha value is -1.56. The molecule has 6 heteroatoms. The van der Waals surface area contributed by atoms with Crippen molar-refractivity contribution in [1.29, 1.82) is 0 Å². The fourth-order valence-corrected chi connectivity index (χ4v) is 2.75. The number of benzene rings is 1. The number of hydrogen-bond acceptors (Lipinski definition) is 4. The van der Waals surface area contributed by atoms with E-state index in [1.807, 2.05) is 24.8 Å². The predicted molar refractivity (Wildman–Crippen MR) is 91.7 cm³/mol. The minimum absolute atomic E-state index is 0.0867. The normalized spacial score (nSPS) is 11.5. The van der Waals surface area contributed by atoms with Gasteiger partial charge < -0.3 is 9.08 Å². The molecule has 0 fully saturated rings. The van der Waals surface area contributed by atoms with E-state index in [1.54, 1.807) is 18.2 Å². The first-order valence-corrected chi connectivity index (χ1v) is 9.82. The number of hydrogen-bond donors (Lipinski definition) is 0. The van der Waals surface area contributed by atoms with Gasteiger partial charge in [0.25, 0.3) is 0 Å². The minimum atomic E-state index is -3.55. The number of carbonyl (C=O) groups excluding carboxylic acids is 1. The molecule has 1 amide bonds. The maximum absolute atomic E-state index is 12.4. The van der Waals surface area contributed by atoms with Gasteiger partial charge in [0.15, 0.2) is 0 Å². The summed E-state index contributed by atoms with van der Waals surface area (Å²) < 4.78 is 27.3. The molecule has 1 aromatic rings. The molecule has 23 heavy (non-hydrogen) atoms. The van der Waals surface area contributed by atoms with Crippen LogP contribution >= 0.6 is 0 Å².